The van der Waals surface area contributed by atoms with Crippen molar-refractivity contribution in [3.63, 3.8) is 0 Å². The maximum Gasteiger partial charge on any atom is 0.273 e. The third-order valence-corrected chi connectivity index (χ3v) is 4.21. The van der Waals surface area contributed by atoms with Crippen molar-refractivity contribution in [1.29, 1.82) is 0 Å². The molecule has 1 aromatic heterocycles. The molecular weight excluding hydrogens is 328 g/mol. The number of carbonyl (C=O) groups excluding carboxylic acids is 1. The van der Waals surface area contributed by atoms with E-state index in [9.17, 15) is 4.79 Å². The summed E-state index contributed by atoms with van der Waals surface area (Å²) in [7, 11) is 1.63. The van der Waals surface area contributed by atoms with Crippen molar-refractivity contribution in [2.24, 2.45) is 0 Å². The van der Waals surface area contributed by atoms with E-state index in [1.54, 1.807) is 7.11 Å². The monoisotopic (exact) mass is 350 g/mol. The molecule has 0 unspecified atom stereocenters. The van der Waals surface area contributed by atoms with Crippen LogP contribution >= 0.6 is 0 Å². The number of oxazole rings is 1. The summed E-state index contributed by atoms with van der Waals surface area (Å²) in [4.78, 5) is 16.6. The van der Waals surface area contributed by atoms with Crippen LogP contribution in [0.2, 0.25) is 0 Å². The van der Waals surface area contributed by atoms with Crippen molar-refractivity contribution in [3.05, 3.63) is 71.7 Å². The first-order valence-electron chi connectivity index (χ1n) is 8.59. The third-order valence-electron chi connectivity index (χ3n) is 4.21. The summed E-state index contributed by atoms with van der Waals surface area (Å²) in [5.74, 6) is 1.03. The van der Waals surface area contributed by atoms with Crippen LogP contribution in [0.25, 0.3) is 11.3 Å². The lowest BCUT2D eigenvalue weighted by molar-refractivity contribution is 0.0949. The minimum absolute atomic E-state index is 0.227. The zero-order chi connectivity index (χ0) is 18.4. The second-order valence-corrected chi connectivity index (χ2v) is 6.06. The Bertz CT molecular complexity index is 872. The molecule has 1 N–H and O–H groups in total. The number of amides is 1. The van der Waals surface area contributed by atoms with Crippen LogP contribution in [-0.4, -0.2) is 24.5 Å². The van der Waals surface area contributed by atoms with E-state index in [1.807, 2.05) is 43.3 Å². The van der Waals surface area contributed by atoms with Gasteiger partial charge in [-0.3, -0.25) is 4.79 Å². The molecule has 0 saturated heterocycles. The molecule has 26 heavy (non-hydrogen) atoms. The molecule has 0 bridgehead atoms. The lowest BCUT2D eigenvalue weighted by atomic mass is 10.1. The Labute approximate surface area is 153 Å². The Balaban J connectivity index is 1.62. The first kappa shape index (κ1) is 17.7. The molecule has 1 amide bonds. The Kier molecular flexibility index (Phi) is 5.69. The first-order valence-corrected chi connectivity index (χ1v) is 8.59. The van der Waals surface area contributed by atoms with Gasteiger partial charge in [-0.2, -0.15) is 0 Å². The topological polar surface area (TPSA) is 64.4 Å². The molecule has 134 valence electrons. The number of nitrogens with zero attached hydrogens (tertiary/aromatic N) is 1. The molecule has 3 rings (SSSR count). The van der Waals surface area contributed by atoms with Gasteiger partial charge in [0.25, 0.3) is 5.91 Å². The molecule has 5 heteroatoms. The molecule has 3 aromatic rings. The van der Waals surface area contributed by atoms with Crippen molar-refractivity contribution < 1.29 is 13.9 Å². The van der Waals surface area contributed by atoms with Crippen molar-refractivity contribution in [1.82, 2.24) is 10.3 Å². The molecule has 0 aliphatic rings. The van der Waals surface area contributed by atoms with E-state index in [2.05, 4.69) is 22.4 Å². The van der Waals surface area contributed by atoms with Crippen molar-refractivity contribution in [3.8, 4) is 17.1 Å². The van der Waals surface area contributed by atoms with Crippen LogP contribution in [0.3, 0.4) is 0 Å². The van der Waals surface area contributed by atoms with E-state index >= 15 is 0 Å². The number of carbonyl (C=O) groups is 1. The Morgan fingerprint density at radius 3 is 2.73 bits per heavy atom. The number of aromatic nitrogens is 1. The van der Waals surface area contributed by atoms with Gasteiger partial charge in [-0.1, -0.05) is 30.3 Å². The molecule has 0 aliphatic heterocycles. The minimum atomic E-state index is -0.227. The van der Waals surface area contributed by atoms with Gasteiger partial charge in [0.1, 0.15) is 5.75 Å². The molecule has 0 fully saturated rings. The fourth-order valence-corrected chi connectivity index (χ4v) is 2.86. The summed E-state index contributed by atoms with van der Waals surface area (Å²) in [5.41, 5.74) is 3.33. The number of hydrogen-bond acceptors (Lipinski definition) is 4. The van der Waals surface area contributed by atoms with Crippen molar-refractivity contribution in [2.45, 2.75) is 19.8 Å². The van der Waals surface area contributed by atoms with E-state index < -0.39 is 0 Å². The Morgan fingerprint density at radius 1 is 1.19 bits per heavy atom. The average molecular weight is 350 g/mol. The number of benzene rings is 2. The quantitative estimate of drug-likeness (QED) is 0.654. The van der Waals surface area contributed by atoms with Crippen LogP contribution in [0, 0.1) is 6.92 Å². The number of hydrogen-bond donors (Lipinski definition) is 1. The van der Waals surface area contributed by atoms with Crippen LogP contribution in [-0.2, 0) is 6.42 Å². The summed E-state index contributed by atoms with van der Waals surface area (Å²) in [6.07, 6.45) is 3.09. The summed E-state index contributed by atoms with van der Waals surface area (Å²) in [6, 6.07) is 15.9. The van der Waals surface area contributed by atoms with Gasteiger partial charge >= 0.3 is 0 Å². The number of nitrogens with one attached hydrogen (secondary N) is 1. The maximum absolute atomic E-state index is 12.5. The van der Waals surface area contributed by atoms with Crippen LogP contribution in [0.1, 0.15) is 28.0 Å². The van der Waals surface area contributed by atoms with Gasteiger partial charge in [0.2, 0.25) is 0 Å². The second-order valence-electron chi connectivity index (χ2n) is 6.06. The zero-order valence-corrected chi connectivity index (χ0v) is 15.0. The van der Waals surface area contributed by atoms with E-state index in [-0.39, 0.29) is 5.91 Å². The highest BCUT2D eigenvalue weighted by atomic mass is 16.5. The molecule has 0 saturated carbocycles. The average Bonchev–Trinajstić information content (AvgIpc) is 3.16. The molecule has 0 spiro atoms. The number of methoxy groups -OCH3 is 1. The summed E-state index contributed by atoms with van der Waals surface area (Å²) < 4.78 is 10.7. The fraction of sp³-hybridized carbons (Fsp3) is 0.238. The van der Waals surface area contributed by atoms with Crippen LogP contribution in [0.15, 0.2) is 59.3 Å². The largest absolute Gasteiger partial charge is 0.496 e. The number of ether oxygens (including phenoxy) is 1. The van der Waals surface area contributed by atoms with Gasteiger partial charge in [0.15, 0.2) is 17.8 Å². The normalized spacial score (nSPS) is 10.5. The molecular formula is C21H22N2O3. The first-order chi connectivity index (χ1) is 12.7. The molecule has 1 heterocycles. The molecule has 0 radical (unpaired) electrons. The summed E-state index contributed by atoms with van der Waals surface area (Å²) in [5, 5.41) is 2.92. The highest BCUT2D eigenvalue weighted by molar-refractivity contribution is 5.97. The zero-order valence-electron chi connectivity index (χ0n) is 15.0. The fourth-order valence-electron chi connectivity index (χ4n) is 2.86. The summed E-state index contributed by atoms with van der Waals surface area (Å²) >= 11 is 0. The van der Waals surface area contributed by atoms with Crippen molar-refractivity contribution in [2.75, 3.05) is 13.7 Å². The van der Waals surface area contributed by atoms with Gasteiger partial charge in [-0.25, -0.2) is 4.98 Å². The SMILES string of the molecule is COc1ccc(-c2ocnc2C(=O)NCCCc2ccccc2)cc1C. The van der Waals surface area contributed by atoms with Crippen LogP contribution in [0.5, 0.6) is 5.75 Å². The van der Waals surface area contributed by atoms with Gasteiger partial charge in [0.05, 0.1) is 7.11 Å². The van der Waals surface area contributed by atoms with Gasteiger partial charge < -0.3 is 14.5 Å². The van der Waals surface area contributed by atoms with Crippen LogP contribution in [0.4, 0.5) is 0 Å². The standard InChI is InChI=1S/C21H22N2O3/c1-15-13-17(10-11-18(15)25-2)20-19(23-14-26-20)21(24)22-12-6-9-16-7-4-3-5-8-16/h3-5,7-8,10-11,13-14H,6,9,12H2,1-2H3,(H,22,24). The van der Waals surface area contributed by atoms with Gasteiger partial charge in [-0.15, -0.1) is 0 Å². The summed E-state index contributed by atoms with van der Waals surface area (Å²) in [6.45, 7) is 2.53. The molecule has 0 atom stereocenters. The smallest absolute Gasteiger partial charge is 0.273 e. The molecule has 0 aliphatic carbocycles. The third kappa shape index (κ3) is 4.11. The number of aryl methyl sites for hydroxylation is 2. The van der Waals surface area contributed by atoms with E-state index in [0.717, 1.165) is 29.7 Å². The lowest BCUT2D eigenvalue weighted by Crippen LogP contribution is -2.25. The highest BCUT2D eigenvalue weighted by Gasteiger charge is 2.18. The lowest BCUT2D eigenvalue weighted by Gasteiger charge is -2.07. The minimum Gasteiger partial charge on any atom is -0.496 e. The number of rotatable bonds is 7. The predicted molar refractivity (Wildman–Crippen MR) is 100 cm³/mol. The van der Waals surface area contributed by atoms with Gasteiger partial charge in [-0.05, 0) is 49.1 Å². The van der Waals surface area contributed by atoms with E-state index in [0.29, 0.717) is 18.0 Å². The second kappa shape index (κ2) is 8.34. The predicted octanol–water partition coefficient (Wildman–Crippen LogP) is 4.02. The molecule has 5 nitrogen and oxygen atoms in total. The maximum atomic E-state index is 12.5. The van der Waals surface area contributed by atoms with E-state index in [4.69, 9.17) is 9.15 Å². The van der Waals surface area contributed by atoms with Crippen molar-refractivity contribution >= 4 is 5.91 Å². The van der Waals surface area contributed by atoms with E-state index in [1.165, 1.54) is 12.0 Å². The highest BCUT2D eigenvalue weighted by Crippen LogP contribution is 2.28. The molecule has 2 aromatic carbocycles. The van der Waals surface area contributed by atoms with Gasteiger partial charge in [0, 0.05) is 12.1 Å². The van der Waals surface area contributed by atoms with Crippen LogP contribution < -0.4 is 10.1 Å². The Hall–Kier alpha value is -3.08. The Morgan fingerprint density at radius 2 is 2.00 bits per heavy atom.